The van der Waals surface area contributed by atoms with Crippen molar-refractivity contribution < 1.29 is 4.79 Å². The second-order valence-electron chi connectivity index (χ2n) is 6.95. The van der Waals surface area contributed by atoms with Gasteiger partial charge >= 0.3 is 0 Å². The van der Waals surface area contributed by atoms with Crippen LogP contribution in [0.2, 0.25) is 0 Å². The van der Waals surface area contributed by atoms with Crippen molar-refractivity contribution in [1.29, 1.82) is 0 Å². The maximum atomic E-state index is 12.6. The van der Waals surface area contributed by atoms with E-state index in [9.17, 15) is 9.59 Å². The molecule has 0 fully saturated rings. The molecular weight excluding hydrogens is 366 g/mol. The van der Waals surface area contributed by atoms with Crippen LogP contribution >= 0.6 is 0 Å². The topological polar surface area (TPSA) is 81.8 Å². The summed E-state index contributed by atoms with van der Waals surface area (Å²) in [6.45, 7) is 1.94. The van der Waals surface area contributed by atoms with E-state index in [0.717, 1.165) is 11.3 Å². The number of nitrogens with zero attached hydrogens (tertiary/aromatic N) is 4. The maximum absolute atomic E-state index is 12.6. The van der Waals surface area contributed by atoms with E-state index in [1.807, 2.05) is 60.2 Å². The number of hydrogen-bond donors (Lipinski definition) is 1. The molecular formula is C22H21N5O2. The van der Waals surface area contributed by atoms with Gasteiger partial charge in [0.2, 0.25) is 5.91 Å². The van der Waals surface area contributed by atoms with Crippen LogP contribution in [0.5, 0.6) is 0 Å². The fraction of sp³-hybridized carbons (Fsp3) is 0.182. The average molecular weight is 387 g/mol. The first kappa shape index (κ1) is 18.6. The number of carbonyl (C=O) groups is 1. The number of aromatic nitrogens is 4. The summed E-state index contributed by atoms with van der Waals surface area (Å²) in [5.74, 6) is -0.146. The lowest BCUT2D eigenvalue weighted by Gasteiger charge is -2.15. The van der Waals surface area contributed by atoms with Crippen molar-refractivity contribution in [1.82, 2.24) is 24.6 Å². The molecule has 1 atom stereocenters. The Morgan fingerprint density at radius 3 is 2.52 bits per heavy atom. The van der Waals surface area contributed by atoms with Crippen molar-refractivity contribution in [2.24, 2.45) is 7.05 Å². The standard InChI is InChI=1S/C22H21N5O2/c1-15(16-7-9-17(10-8-16)27-12-11-23-14-27)24-21(28)13-20-18-5-3-4-6-19(18)22(29)26(2)25-20/h3-12,14-15H,13H2,1-2H3,(H,24,28). The van der Waals surface area contributed by atoms with E-state index in [-0.39, 0.29) is 23.9 Å². The zero-order valence-corrected chi connectivity index (χ0v) is 16.2. The second-order valence-corrected chi connectivity index (χ2v) is 6.95. The van der Waals surface area contributed by atoms with Crippen LogP contribution in [-0.4, -0.2) is 25.2 Å². The van der Waals surface area contributed by atoms with Gasteiger partial charge in [0, 0.05) is 30.5 Å². The van der Waals surface area contributed by atoms with Gasteiger partial charge in [0.25, 0.3) is 5.56 Å². The molecule has 4 aromatic rings. The Morgan fingerprint density at radius 2 is 1.83 bits per heavy atom. The summed E-state index contributed by atoms with van der Waals surface area (Å²) in [5.41, 5.74) is 2.42. The van der Waals surface area contributed by atoms with Gasteiger partial charge < -0.3 is 9.88 Å². The summed E-state index contributed by atoms with van der Waals surface area (Å²) in [5, 5.41) is 8.58. The molecule has 0 radical (unpaired) electrons. The van der Waals surface area contributed by atoms with Gasteiger partial charge in [-0.25, -0.2) is 9.67 Å². The van der Waals surface area contributed by atoms with Crippen molar-refractivity contribution in [3.8, 4) is 5.69 Å². The van der Waals surface area contributed by atoms with Crippen LogP contribution in [0.4, 0.5) is 0 Å². The second kappa shape index (κ2) is 7.71. The van der Waals surface area contributed by atoms with Crippen LogP contribution < -0.4 is 10.9 Å². The summed E-state index contributed by atoms with van der Waals surface area (Å²) in [6.07, 6.45) is 5.45. The van der Waals surface area contributed by atoms with Gasteiger partial charge in [-0.1, -0.05) is 30.3 Å². The van der Waals surface area contributed by atoms with Crippen LogP contribution in [0, 0.1) is 0 Å². The van der Waals surface area contributed by atoms with E-state index in [0.29, 0.717) is 16.5 Å². The number of aryl methyl sites for hydroxylation is 1. The molecule has 0 saturated carbocycles. The normalized spacial score (nSPS) is 12.1. The number of amides is 1. The van der Waals surface area contributed by atoms with Crippen LogP contribution in [0.25, 0.3) is 16.5 Å². The number of fused-ring (bicyclic) bond motifs is 1. The minimum Gasteiger partial charge on any atom is -0.349 e. The van der Waals surface area contributed by atoms with Gasteiger partial charge in [0.05, 0.1) is 29.9 Å². The summed E-state index contributed by atoms with van der Waals surface area (Å²) >= 11 is 0. The van der Waals surface area contributed by atoms with Gasteiger partial charge in [-0.15, -0.1) is 0 Å². The molecule has 0 aliphatic carbocycles. The summed E-state index contributed by atoms with van der Waals surface area (Å²) < 4.78 is 3.20. The molecule has 2 aromatic carbocycles. The van der Waals surface area contributed by atoms with Crippen LogP contribution in [-0.2, 0) is 18.3 Å². The van der Waals surface area contributed by atoms with Crippen LogP contribution in [0.15, 0.2) is 72.0 Å². The summed E-state index contributed by atoms with van der Waals surface area (Å²) in [6, 6.07) is 15.0. The Bertz CT molecular complexity index is 1210. The highest BCUT2D eigenvalue weighted by Gasteiger charge is 2.15. The third-order valence-corrected chi connectivity index (χ3v) is 4.93. The largest absolute Gasteiger partial charge is 0.349 e. The van der Waals surface area contributed by atoms with E-state index in [1.165, 1.54) is 4.68 Å². The monoisotopic (exact) mass is 387 g/mol. The molecule has 1 N–H and O–H groups in total. The zero-order valence-electron chi connectivity index (χ0n) is 16.2. The predicted octanol–water partition coefficient (Wildman–Crippen LogP) is 2.54. The predicted molar refractivity (Wildman–Crippen MR) is 111 cm³/mol. The Balaban J connectivity index is 1.49. The number of carbonyl (C=O) groups excluding carboxylic acids is 1. The Hall–Kier alpha value is -3.74. The van der Waals surface area contributed by atoms with Gasteiger partial charge in [0.1, 0.15) is 0 Å². The SMILES string of the molecule is CC(NC(=O)Cc1nn(C)c(=O)c2ccccc12)c1ccc(-n2ccnc2)cc1. The molecule has 2 aromatic heterocycles. The molecule has 0 saturated heterocycles. The first-order chi connectivity index (χ1) is 14.0. The Kier molecular flexibility index (Phi) is 4.95. The zero-order chi connectivity index (χ0) is 20.4. The maximum Gasteiger partial charge on any atom is 0.274 e. The highest BCUT2D eigenvalue weighted by atomic mass is 16.1. The molecule has 1 unspecified atom stereocenters. The van der Waals surface area contributed by atoms with Crippen molar-refractivity contribution in [3.05, 3.63) is 88.9 Å². The quantitative estimate of drug-likeness (QED) is 0.571. The molecule has 0 spiro atoms. The third-order valence-electron chi connectivity index (χ3n) is 4.93. The molecule has 2 heterocycles. The fourth-order valence-corrected chi connectivity index (χ4v) is 3.38. The lowest BCUT2D eigenvalue weighted by molar-refractivity contribution is -0.121. The smallest absolute Gasteiger partial charge is 0.274 e. The van der Waals surface area contributed by atoms with E-state index in [4.69, 9.17) is 0 Å². The van der Waals surface area contributed by atoms with Crippen molar-refractivity contribution in [2.45, 2.75) is 19.4 Å². The van der Waals surface area contributed by atoms with Crippen molar-refractivity contribution >= 4 is 16.7 Å². The number of hydrogen-bond acceptors (Lipinski definition) is 4. The van der Waals surface area contributed by atoms with E-state index in [1.54, 1.807) is 25.6 Å². The number of nitrogens with one attached hydrogen (secondary N) is 1. The van der Waals surface area contributed by atoms with E-state index in [2.05, 4.69) is 15.4 Å². The summed E-state index contributed by atoms with van der Waals surface area (Å²) in [7, 11) is 1.60. The first-order valence-electron chi connectivity index (χ1n) is 9.35. The first-order valence-corrected chi connectivity index (χ1v) is 9.35. The minimum atomic E-state index is -0.170. The molecule has 7 nitrogen and oxygen atoms in total. The number of imidazole rings is 1. The Labute approximate surface area is 167 Å². The summed E-state index contributed by atoms with van der Waals surface area (Å²) in [4.78, 5) is 28.9. The van der Waals surface area contributed by atoms with Gasteiger partial charge in [-0.2, -0.15) is 5.10 Å². The Morgan fingerprint density at radius 1 is 1.10 bits per heavy atom. The fourth-order valence-electron chi connectivity index (χ4n) is 3.38. The van der Waals surface area contributed by atoms with E-state index < -0.39 is 0 Å². The van der Waals surface area contributed by atoms with Crippen molar-refractivity contribution in [3.63, 3.8) is 0 Å². The lowest BCUT2D eigenvalue weighted by Crippen LogP contribution is -2.30. The van der Waals surface area contributed by atoms with Gasteiger partial charge in [0.15, 0.2) is 0 Å². The molecule has 0 aliphatic heterocycles. The highest BCUT2D eigenvalue weighted by Crippen LogP contribution is 2.17. The minimum absolute atomic E-state index is 0.103. The molecule has 7 heteroatoms. The lowest BCUT2D eigenvalue weighted by atomic mass is 10.1. The number of rotatable bonds is 5. The highest BCUT2D eigenvalue weighted by molar-refractivity contribution is 5.88. The van der Waals surface area contributed by atoms with Gasteiger partial charge in [-0.3, -0.25) is 9.59 Å². The molecule has 1 amide bonds. The molecule has 0 aliphatic rings. The molecule has 29 heavy (non-hydrogen) atoms. The van der Waals surface area contributed by atoms with Crippen LogP contribution in [0.1, 0.15) is 24.2 Å². The van der Waals surface area contributed by atoms with Crippen LogP contribution in [0.3, 0.4) is 0 Å². The molecule has 4 rings (SSSR count). The third kappa shape index (κ3) is 3.80. The molecule has 0 bridgehead atoms. The number of benzene rings is 2. The molecule has 146 valence electrons. The van der Waals surface area contributed by atoms with Gasteiger partial charge in [-0.05, 0) is 30.7 Å². The van der Waals surface area contributed by atoms with E-state index >= 15 is 0 Å². The average Bonchev–Trinajstić information content (AvgIpc) is 3.27. The van der Waals surface area contributed by atoms with Crippen molar-refractivity contribution in [2.75, 3.05) is 0 Å².